The number of nitrogens with zero attached hydrogens (tertiary/aromatic N) is 1. The molecule has 0 spiro atoms. The molecule has 0 aromatic carbocycles. The Balaban J connectivity index is 2.84. The standard InChI is InChI=1S/C13H21N3O/c1-9(13(2,3)4)16-12(17)10-7-6-8-15-11(10)14-5/h6-9H,1-5H3,(H,14,15)(H,16,17). The van der Waals surface area contributed by atoms with E-state index in [1.165, 1.54) is 0 Å². The van der Waals surface area contributed by atoms with Crippen molar-refractivity contribution in [3.63, 3.8) is 0 Å². The molecule has 1 aromatic heterocycles. The van der Waals surface area contributed by atoms with E-state index >= 15 is 0 Å². The topological polar surface area (TPSA) is 54.0 Å². The molecule has 1 heterocycles. The van der Waals surface area contributed by atoms with Crippen LogP contribution in [0.5, 0.6) is 0 Å². The van der Waals surface area contributed by atoms with Crippen molar-refractivity contribution in [2.75, 3.05) is 12.4 Å². The van der Waals surface area contributed by atoms with Crippen molar-refractivity contribution in [2.24, 2.45) is 5.41 Å². The zero-order chi connectivity index (χ0) is 13.1. The molecule has 0 saturated carbocycles. The van der Waals surface area contributed by atoms with Crippen molar-refractivity contribution in [3.05, 3.63) is 23.9 Å². The lowest BCUT2D eigenvalue weighted by molar-refractivity contribution is 0.0910. The van der Waals surface area contributed by atoms with E-state index < -0.39 is 0 Å². The molecule has 0 fully saturated rings. The van der Waals surface area contributed by atoms with Crippen molar-refractivity contribution in [1.82, 2.24) is 10.3 Å². The highest BCUT2D eigenvalue weighted by atomic mass is 16.1. The van der Waals surface area contributed by atoms with Crippen LogP contribution in [0.4, 0.5) is 5.82 Å². The number of amides is 1. The van der Waals surface area contributed by atoms with Crippen LogP contribution in [0.1, 0.15) is 38.1 Å². The van der Waals surface area contributed by atoms with E-state index in [0.717, 1.165) is 0 Å². The smallest absolute Gasteiger partial charge is 0.255 e. The predicted octanol–water partition coefficient (Wildman–Crippen LogP) is 2.29. The third kappa shape index (κ3) is 3.44. The van der Waals surface area contributed by atoms with Gasteiger partial charge in [0.1, 0.15) is 5.82 Å². The summed E-state index contributed by atoms with van der Waals surface area (Å²) in [4.78, 5) is 16.2. The molecule has 2 N–H and O–H groups in total. The molecule has 0 bridgehead atoms. The van der Waals surface area contributed by atoms with Gasteiger partial charge in [-0.2, -0.15) is 0 Å². The minimum Gasteiger partial charge on any atom is -0.372 e. The van der Waals surface area contributed by atoms with E-state index in [-0.39, 0.29) is 17.4 Å². The lowest BCUT2D eigenvalue weighted by Gasteiger charge is -2.28. The lowest BCUT2D eigenvalue weighted by Crippen LogP contribution is -2.41. The molecule has 1 unspecified atom stereocenters. The summed E-state index contributed by atoms with van der Waals surface area (Å²) in [7, 11) is 1.76. The molecule has 1 amide bonds. The Kier molecular flexibility index (Phi) is 4.10. The number of carbonyl (C=O) groups is 1. The Labute approximate surface area is 103 Å². The fraction of sp³-hybridized carbons (Fsp3) is 0.538. The van der Waals surface area contributed by atoms with Gasteiger partial charge >= 0.3 is 0 Å². The van der Waals surface area contributed by atoms with Gasteiger partial charge in [-0.25, -0.2) is 4.98 Å². The summed E-state index contributed by atoms with van der Waals surface area (Å²) in [6, 6.07) is 3.63. The van der Waals surface area contributed by atoms with Gasteiger partial charge in [-0.1, -0.05) is 20.8 Å². The number of pyridine rings is 1. The first-order valence-electron chi connectivity index (χ1n) is 5.80. The Morgan fingerprint density at radius 1 is 1.41 bits per heavy atom. The quantitative estimate of drug-likeness (QED) is 0.845. The van der Waals surface area contributed by atoms with E-state index in [1.807, 2.05) is 6.92 Å². The maximum atomic E-state index is 12.1. The van der Waals surface area contributed by atoms with Crippen molar-refractivity contribution in [2.45, 2.75) is 33.7 Å². The molecule has 4 heteroatoms. The Hall–Kier alpha value is -1.58. The summed E-state index contributed by atoms with van der Waals surface area (Å²) in [5, 5.41) is 5.91. The number of hydrogen-bond donors (Lipinski definition) is 2. The number of nitrogens with one attached hydrogen (secondary N) is 2. The molecule has 0 aliphatic carbocycles. The van der Waals surface area contributed by atoms with Gasteiger partial charge in [0.25, 0.3) is 5.91 Å². The van der Waals surface area contributed by atoms with E-state index in [1.54, 1.807) is 25.4 Å². The number of hydrogen-bond acceptors (Lipinski definition) is 3. The van der Waals surface area contributed by atoms with Crippen LogP contribution >= 0.6 is 0 Å². The second kappa shape index (κ2) is 5.17. The van der Waals surface area contributed by atoms with E-state index in [2.05, 4.69) is 36.4 Å². The number of aromatic nitrogens is 1. The normalized spacial score (nSPS) is 13.0. The van der Waals surface area contributed by atoms with Gasteiger partial charge in [0.2, 0.25) is 0 Å². The maximum absolute atomic E-state index is 12.1. The fourth-order valence-electron chi connectivity index (χ4n) is 1.28. The van der Waals surface area contributed by atoms with Crippen molar-refractivity contribution < 1.29 is 4.79 Å². The van der Waals surface area contributed by atoms with Gasteiger partial charge in [0.05, 0.1) is 5.56 Å². The molecule has 17 heavy (non-hydrogen) atoms. The highest BCUT2D eigenvalue weighted by Crippen LogP contribution is 2.19. The van der Waals surface area contributed by atoms with E-state index in [4.69, 9.17) is 0 Å². The summed E-state index contributed by atoms with van der Waals surface area (Å²) in [6.07, 6.45) is 1.66. The van der Waals surface area contributed by atoms with Gasteiger partial charge in [0, 0.05) is 19.3 Å². The SMILES string of the molecule is CNc1ncccc1C(=O)NC(C)C(C)(C)C. The molecule has 4 nitrogen and oxygen atoms in total. The molecule has 94 valence electrons. The van der Waals surface area contributed by atoms with Gasteiger partial charge in [-0.15, -0.1) is 0 Å². The summed E-state index contributed by atoms with van der Waals surface area (Å²) in [6.45, 7) is 8.30. The van der Waals surface area contributed by atoms with Gasteiger partial charge in [-0.3, -0.25) is 4.79 Å². The fourth-order valence-corrected chi connectivity index (χ4v) is 1.28. The molecular weight excluding hydrogens is 214 g/mol. The predicted molar refractivity (Wildman–Crippen MR) is 70.2 cm³/mol. The van der Waals surface area contributed by atoms with Crippen LogP contribution < -0.4 is 10.6 Å². The minimum absolute atomic E-state index is 0.0394. The van der Waals surface area contributed by atoms with Crippen LogP contribution in [0.15, 0.2) is 18.3 Å². The Morgan fingerprint density at radius 3 is 2.59 bits per heavy atom. The summed E-state index contributed by atoms with van der Waals surface area (Å²) >= 11 is 0. The van der Waals surface area contributed by atoms with Crippen LogP contribution in [-0.4, -0.2) is 24.0 Å². The molecule has 0 aliphatic heterocycles. The minimum atomic E-state index is -0.0927. The molecule has 1 aromatic rings. The highest BCUT2D eigenvalue weighted by Gasteiger charge is 2.23. The Morgan fingerprint density at radius 2 is 2.06 bits per heavy atom. The molecule has 1 atom stereocenters. The number of carbonyl (C=O) groups excluding carboxylic acids is 1. The second-order valence-electron chi connectivity index (χ2n) is 5.21. The largest absolute Gasteiger partial charge is 0.372 e. The van der Waals surface area contributed by atoms with Crippen LogP contribution in [-0.2, 0) is 0 Å². The van der Waals surface area contributed by atoms with Crippen molar-refractivity contribution in [3.8, 4) is 0 Å². The van der Waals surface area contributed by atoms with Crippen molar-refractivity contribution in [1.29, 1.82) is 0 Å². The molecule has 0 aliphatic rings. The van der Waals surface area contributed by atoms with Crippen LogP contribution in [0.2, 0.25) is 0 Å². The average molecular weight is 235 g/mol. The highest BCUT2D eigenvalue weighted by molar-refractivity contribution is 5.98. The maximum Gasteiger partial charge on any atom is 0.255 e. The van der Waals surface area contributed by atoms with E-state index in [9.17, 15) is 4.79 Å². The average Bonchev–Trinajstić information content (AvgIpc) is 2.27. The Bertz CT molecular complexity index is 396. The zero-order valence-corrected chi connectivity index (χ0v) is 11.2. The second-order valence-corrected chi connectivity index (χ2v) is 5.21. The first-order valence-corrected chi connectivity index (χ1v) is 5.80. The van der Waals surface area contributed by atoms with Crippen LogP contribution in [0.25, 0.3) is 0 Å². The molecule has 0 radical (unpaired) electrons. The molecule has 1 rings (SSSR count). The van der Waals surface area contributed by atoms with Gasteiger partial charge in [0.15, 0.2) is 0 Å². The third-order valence-corrected chi connectivity index (χ3v) is 2.94. The summed E-state index contributed by atoms with van der Waals surface area (Å²) < 4.78 is 0. The third-order valence-electron chi connectivity index (χ3n) is 2.94. The zero-order valence-electron chi connectivity index (χ0n) is 11.2. The first kappa shape index (κ1) is 13.5. The van der Waals surface area contributed by atoms with E-state index in [0.29, 0.717) is 11.4 Å². The molecule has 0 saturated heterocycles. The molecular formula is C13H21N3O. The summed E-state index contributed by atoms with van der Waals surface area (Å²) in [5.41, 5.74) is 0.614. The number of anilines is 1. The van der Waals surface area contributed by atoms with Crippen LogP contribution in [0.3, 0.4) is 0 Å². The van der Waals surface area contributed by atoms with Crippen molar-refractivity contribution >= 4 is 11.7 Å². The lowest BCUT2D eigenvalue weighted by atomic mass is 9.88. The van der Waals surface area contributed by atoms with Gasteiger partial charge < -0.3 is 10.6 Å². The van der Waals surface area contributed by atoms with Gasteiger partial charge in [-0.05, 0) is 24.5 Å². The first-order chi connectivity index (χ1) is 7.86. The number of rotatable bonds is 3. The summed E-state index contributed by atoms with van der Waals surface area (Å²) in [5.74, 6) is 0.510. The van der Waals surface area contributed by atoms with Crippen LogP contribution in [0, 0.1) is 5.41 Å². The monoisotopic (exact) mass is 235 g/mol.